The Labute approximate surface area is 114 Å². The number of nitrogens with zero attached hydrogens (tertiary/aromatic N) is 3. The number of anilines is 1. The zero-order valence-corrected chi connectivity index (χ0v) is 10.6. The number of pyridine rings is 1. The molecule has 0 aliphatic rings. The molecule has 0 unspecified atom stereocenters. The van der Waals surface area contributed by atoms with Gasteiger partial charge in [0.25, 0.3) is 0 Å². The molecule has 1 amide bonds. The summed E-state index contributed by atoms with van der Waals surface area (Å²) in [5.74, 6) is -1.60. The second-order valence-electron chi connectivity index (χ2n) is 3.97. The van der Waals surface area contributed by atoms with Gasteiger partial charge in [-0.2, -0.15) is 5.10 Å². The average molecular weight is 272 g/mol. The van der Waals surface area contributed by atoms with Crippen molar-refractivity contribution in [1.29, 1.82) is 0 Å². The van der Waals surface area contributed by atoms with Gasteiger partial charge in [0.1, 0.15) is 11.4 Å². The molecule has 2 rings (SSSR count). The van der Waals surface area contributed by atoms with Gasteiger partial charge in [0, 0.05) is 31.1 Å². The minimum Gasteiger partial charge on any atom is -0.478 e. The van der Waals surface area contributed by atoms with E-state index in [1.54, 1.807) is 30.2 Å². The number of nitrogens with one attached hydrogen (secondary N) is 1. The average Bonchev–Trinajstić information content (AvgIpc) is 2.83. The molecule has 2 heterocycles. The fraction of sp³-hybridized carbons (Fsp3) is 0.0769. The minimum absolute atomic E-state index is 0.0147. The lowest BCUT2D eigenvalue weighted by atomic mass is 10.2. The van der Waals surface area contributed by atoms with E-state index in [1.807, 2.05) is 0 Å². The van der Waals surface area contributed by atoms with Crippen molar-refractivity contribution >= 4 is 23.8 Å². The Hall–Kier alpha value is -2.96. The standard InChI is InChI=1S/C13H12N4O3/c1-17-8-9(7-15-17)4-5-11(18)16-12-10(13(19)20)3-2-6-14-12/h2-8H,1H3,(H,19,20)(H,14,16,18). The molecule has 0 radical (unpaired) electrons. The number of amides is 1. The van der Waals surface area contributed by atoms with Gasteiger partial charge in [0.05, 0.1) is 6.20 Å². The second-order valence-corrected chi connectivity index (χ2v) is 3.97. The summed E-state index contributed by atoms with van der Waals surface area (Å²) in [7, 11) is 1.77. The van der Waals surface area contributed by atoms with Crippen molar-refractivity contribution in [2.75, 3.05) is 5.32 Å². The molecule has 0 aromatic carbocycles. The topological polar surface area (TPSA) is 97.1 Å². The molecule has 0 bridgehead atoms. The highest BCUT2D eigenvalue weighted by atomic mass is 16.4. The molecule has 0 saturated heterocycles. The summed E-state index contributed by atoms with van der Waals surface area (Å²) in [5.41, 5.74) is 0.706. The van der Waals surface area contributed by atoms with E-state index in [4.69, 9.17) is 5.11 Å². The molecule has 2 aromatic heterocycles. The molecule has 0 aliphatic heterocycles. The number of carboxylic acid groups (broad SMARTS) is 1. The van der Waals surface area contributed by atoms with E-state index in [2.05, 4.69) is 15.4 Å². The predicted molar refractivity (Wildman–Crippen MR) is 72.1 cm³/mol. The first-order valence-corrected chi connectivity index (χ1v) is 5.72. The molecule has 7 heteroatoms. The molecule has 0 spiro atoms. The lowest BCUT2D eigenvalue weighted by molar-refractivity contribution is -0.111. The fourth-order valence-electron chi connectivity index (χ4n) is 1.53. The van der Waals surface area contributed by atoms with Crippen molar-refractivity contribution in [3.63, 3.8) is 0 Å². The van der Waals surface area contributed by atoms with Gasteiger partial charge in [-0.1, -0.05) is 0 Å². The van der Waals surface area contributed by atoms with E-state index < -0.39 is 11.9 Å². The maximum atomic E-state index is 11.7. The van der Waals surface area contributed by atoms with Gasteiger partial charge in [-0.3, -0.25) is 9.48 Å². The minimum atomic E-state index is -1.15. The van der Waals surface area contributed by atoms with Crippen LogP contribution < -0.4 is 5.32 Å². The first-order chi connectivity index (χ1) is 9.56. The first kappa shape index (κ1) is 13.5. The van der Waals surface area contributed by atoms with Crippen molar-refractivity contribution in [1.82, 2.24) is 14.8 Å². The normalized spacial score (nSPS) is 10.7. The van der Waals surface area contributed by atoms with Crippen molar-refractivity contribution in [2.45, 2.75) is 0 Å². The van der Waals surface area contributed by atoms with Gasteiger partial charge in [-0.05, 0) is 18.2 Å². The summed E-state index contributed by atoms with van der Waals surface area (Å²) >= 11 is 0. The van der Waals surface area contributed by atoms with Gasteiger partial charge < -0.3 is 10.4 Å². The SMILES string of the molecule is Cn1cc(C=CC(=O)Nc2ncccc2C(=O)O)cn1. The van der Waals surface area contributed by atoms with E-state index >= 15 is 0 Å². The van der Waals surface area contributed by atoms with Gasteiger partial charge >= 0.3 is 5.97 Å². The van der Waals surface area contributed by atoms with Crippen molar-refractivity contribution in [3.05, 3.63) is 47.9 Å². The molecular weight excluding hydrogens is 260 g/mol. The molecule has 0 saturated carbocycles. The van der Waals surface area contributed by atoms with Crippen LogP contribution in [0.4, 0.5) is 5.82 Å². The Balaban J connectivity index is 2.09. The Kier molecular flexibility index (Phi) is 3.90. The molecule has 102 valence electrons. The summed E-state index contributed by atoms with van der Waals surface area (Å²) in [6.45, 7) is 0. The number of carbonyl (C=O) groups excluding carboxylic acids is 1. The summed E-state index contributed by atoms with van der Waals surface area (Å²) in [6.07, 6.45) is 7.62. The number of aromatic nitrogens is 3. The first-order valence-electron chi connectivity index (χ1n) is 5.72. The van der Waals surface area contributed by atoms with E-state index in [1.165, 1.54) is 24.4 Å². The van der Waals surface area contributed by atoms with E-state index in [0.29, 0.717) is 0 Å². The summed E-state index contributed by atoms with van der Waals surface area (Å²) < 4.78 is 1.61. The van der Waals surface area contributed by atoms with Crippen LogP contribution in [0.15, 0.2) is 36.8 Å². The predicted octanol–water partition coefficient (Wildman–Crippen LogP) is 1.17. The molecule has 20 heavy (non-hydrogen) atoms. The van der Waals surface area contributed by atoms with Crippen LogP contribution in [0, 0.1) is 0 Å². The number of aryl methyl sites for hydroxylation is 1. The van der Waals surface area contributed by atoms with Crippen LogP contribution >= 0.6 is 0 Å². The van der Waals surface area contributed by atoms with Crippen LogP contribution in [0.25, 0.3) is 6.08 Å². The molecular formula is C13H12N4O3. The van der Waals surface area contributed by atoms with Gasteiger partial charge in [-0.15, -0.1) is 0 Å². The fourth-order valence-corrected chi connectivity index (χ4v) is 1.53. The van der Waals surface area contributed by atoms with Gasteiger partial charge in [0.15, 0.2) is 0 Å². The zero-order chi connectivity index (χ0) is 14.5. The molecule has 7 nitrogen and oxygen atoms in total. The third-order valence-corrected chi connectivity index (χ3v) is 2.43. The van der Waals surface area contributed by atoms with Gasteiger partial charge in [-0.25, -0.2) is 9.78 Å². The molecule has 0 atom stereocenters. The third kappa shape index (κ3) is 3.29. The summed E-state index contributed by atoms with van der Waals surface area (Å²) in [5, 5.41) is 15.4. The van der Waals surface area contributed by atoms with E-state index in [9.17, 15) is 9.59 Å². The highest BCUT2D eigenvalue weighted by Gasteiger charge is 2.11. The lowest BCUT2D eigenvalue weighted by Gasteiger charge is -2.04. The largest absolute Gasteiger partial charge is 0.478 e. The Morgan fingerprint density at radius 3 is 2.90 bits per heavy atom. The van der Waals surface area contributed by atoms with Crippen molar-refractivity contribution in [3.8, 4) is 0 Å². The van der Waals surface area contributed by atoms with Crippen LogP contribution in [0.3, 0.4) is 0 Å². The highest BCUT2D eigenvalue weighted by Crippen LogP contribution is 2.11. The number of carbonyl (C=O) groups is 2. The third-order valence-electron chi connectivity index (χ3n) is 2.43. The maximum absolute atomic E-state index is 11.7. The van der Waals surface area contributed by atoms with Crippen LogP contribution in [-0.2, 0) is 11.8 Å². The number of hydrogen-bond acceptors (Lipinski definition) is 4. The number of aromatic carboxylic acids is 1. The molecule has 2 N–H and O–H groups in total. The van der Waals surface area contributed by atoms with E-state index in [-0.39, 0.29) is 11.4 Å². The van der Waals surface area contributed by atoms with Crippen LogP contribution in [0.5, 0.6) is 0 Å². The smallest absolute Gasteiger partial charge is 0.339 e. The monoisotopic (exact) mass is 272 g/mol. The maximum Gasteiger partial charge on any atom is 0.339 e. The number of rotatable bonds is 4. The quantitative estimate of drug-likeness (QED) is 0.814. The molecule has 0 fully saturated rings. The van der Waals surface area contributed by atoms with Crippen molar-refractivity contribution in [2.24, 2.45) is 7.05 Å². The Morgan fingerprint density at radius 2 is 2.25 bits per heavy atom. The van der Waals surface area contributed by atoms with E-state index in [0.717, 1.165) is 5.56 Å². The molecule has 2 aromatic rings. The summed E-state index contributed by atoms with van der Waals surface area (Å²) in [4.78, 5) is 26.5. The highest BCUT2D eigenvalue weighted by molar-refractivity contribution is 6.05. The van der Waals surface area contributed by atoms with Crippen LogP contribution in [0.2, 0.25) is 0 Å². The lowest BCUT2D eigenvalue weighted by Crippen LogP contribution is -2.13. The summed E-state index contributed by atoms with van der Waals surface area (Å²) in [6, 6.07) is 2.86. The molecule has 0 aliphatic carbocycles. The Bertz CT molecular complexity index is 676. The number of carboxylic acids is 1. The number of hydrogen-bond donors (Lipinski definition) is 2. The Morgan fingerprint density at radius 1 is 1.45 bits per heavy atom. The van der Waals surface area contributed by atoms with Crippen molar-refractivity contribution < 1.29 is 14.7 Å². The van der Waals surface area contributed by atoms with Gasteiger partial charge in [0.2, 0.25) is 5.91 Å². The van der Waals surface area contributed by atoms with Crippen LogP contribution in [-0.4, -0.2) is 31.7 Å². The van der Waals surface area contributed by atoms with Crippen LogP contribution in [0.1, 0.15) is 15.9 Å². The zero-order valence-electron chi connectivity index (χ0n) is 10.6. The second kappa shape index (κ2) is 5.79.